The van der Waals surface area contributed by atoms with Crippen molar-refractivity contribution in [3.8, 4) is 22.6 Å². The molecule has 0 aliphatic carbocycles. The molecular formula is C48H52Br2O6. The lowest BCUT2D eigenvalue weighted by Crippen LogP contribution is -2.12. The number of fused-ring (bicyclic) bond motifs is 4. The van der Waals surface area contributed by atoms with Gasteiger partial charge in [-0.15, -0.1) is 0 Å². The van der Waals surface area contributed by atoms with Crippen LogP contribution in [-0.4, -0.2) is 25.5 Å². The molecule has 0 aliphatic rings. The smallest absolute Gasteiger partial charge is 0.434 e. The molecule has 0 spiro atoms. The summed E-state index contributed by atoms with van der Waals surface area (Å²) in [4.78, 5) is 26.5. The van der Waals surface area contributed by atoms with Gasteiger partial charge in [0.05, 0.1) is 13.2 Å². The second-order valence-corrected chi connectivity index (χ2v) is 16.4. The maximum Gasteiger partial charge on any atom is 0.513 e. The molecular weight excluding hydrogens is 832 g/mol. The Bertz CT molecular complexity index is 2120. The molecule has 0 atom stereocenters. The van der Waals surface area contributed by atoms with Gasteiger partial charge in [0.25, 0.3) is 0 Å². The van der Waals surface area contributed by atoms with Crippen molar-refractivity contribution in [3.05, 3.63) is 93.9 Å². The fourth-order valence-corrected chi connectivity index (χ4v) is 8.36. The maximum absolute atomic E-state index is 13.2. The van der Waals surface area contributed by atoms with Crippen LogP contribution >= 0.6 is 31.9 Å². The van der Waals surface area contributed by atoms with Crippen molar-refractivity contribution in [3.63, 3.8) is 0 Å². The highest BCUT2D eigenvalue weighted by Gasteiger charge is 2.25. The quantitative estimate of drug-likeness (QED) is 0.0349. The topological polar surface area (TPSA) is 71.1 Å². The number of ether oxygens (including phenoxy) is 4. The van der Waals surface area contributed by atoms with Gasteiger partial charge >= 0.3 is 12.3 Å². The van der Waals surface area contributed by atoms with Crippen molar-refractivity contribution < 1.29 is 28.5 Å². The molecule has 0 heterocycles. The SMILES string of the molecule is CCCCCCCCCOC(=O)Oc1c2ccccc2c(-c2c3ccccc3c(OC(=O)OCCCCCCCCC)c3ccc(Br)cc23)c2cc(Br)ccc12. The molecule has 0 amide bonds. The van der Waals surface area contributed by atoms with Crippen LogP contribution < -0.4 is 9.47 Å². The fraction of sp³-hybridized carbons (Fsp3) is 0.375. The van der Waals surface area contributed by atoms with Gasteiger partial charge in [-0.1, -0.05) is 171 Å². The number of hydrogen-bond donors (Lipinski definition) is 0. The third-order valence-electron chi connectivity index (χ3n) is 10.4. The largest absolute Gasteiger partial charge is 0.513 e. The van der Waals surface area contributed by atoms with Gasteiger partial charge in [0.15, 0.2) is 0 Å². The molecule has 6 nitrogen and oxygen atoms in total. The first-order valence-electron chi connectivity index (χ1n) is 20.4. The number of unbranched alkanes of at least 4 members (excludes halogenated alkanes) is 12. The molecule has 0 N–H and O–H groups in total. The number of rotatable bonds is 19. The van der Waals surface area contributed by atoms with E-state index < -0.39 is 12.3 Å². The molecule has 0 saturated heterocycles. The summed E-state index contributed by atoms with van der Waals surface area (Å²) in [6.07, 6.45) is 14.4. The fourth-order valence-electron chi connectivity index (χ4n) is 7.63. The molecule has 0 fully saturated rings. The van der Waals surface area contributed by atoms with Crippen molar-refractivity contribution in [1.82, 2.24) is 0 Å². The molecule has 6 aromatic carbocycles. The van der Waals surface area contributed by atoms with Crippen LogP contribution in [-0.2, 0) is 9.47 Å². The molecule has 56 heavy (non-hydrogen) atoms. The van der Waals surface area contributed by atoms with E-state index in [1.807, 2.05) is 60.7 Å². The van der Waals surface area contributed by atoms with Crippen LogP contribution in [0.25, 0.3) is 54.2 Å². The Morgan fingerprint density at radius 2 is 0.768 bits per heavy atom. The Morgan fingerprint density at radius 1 is 0.429 bits per heavy atom. The van der Waals surface area contributed by atoms with Crippen LogP contribution in [0.1, 0.15) is 104 Å². The van der Waals surface area contributed by atoms with Gasteiger partial charge in [0, 0.05) is 30.5 Å². The van der Waals surface area contributed by atoms with Crippen LogP contribution in [0.2, 0.25) is 0 Å². The zero-order chi connectivity index (χ0) is 39.3. The lowest BCUT2D eigenvalue weighted by atomic mass is 9.85. The number of hydrogen-bond acceptors (Lipinski definition) is 6. The Hall–Kier alpha value is -4.14. The van der Waals surface area contributed by atoms with Gasteiger partial charge in [-0.3, -0.25) is 0 Å². The van der Waals surface area contributed by atoms with Gasteiger partial charge in [0.1, 0.15) is 11.5 Å². The monoisotopic (exact) mass is 882 g/mol. The minimum Gasteiger partial charge on any atom is -0.434 e. The van der Waals surface area contributed by atoms with E-state index in [4.69, 9.17) is 18.9 Å². The molecule has 8 heteroatoms. The molecule has 0 bridgehead atoms. The predicted molar refractivity (Wildman–Crippen MR) is 237 cm³/mol. The zero-order valence-corrected chi connectivity index (χ0v) is 35.8. The van der Waals surface area contributed by atoms with E-state index in [0.717, 1.165) is 102 Å². The van der Waals surface area contributed by atoms with E-state index in [-0.39, 0.29) is 0 Å². The summed E-state index contributed by atoms with van der Waals surface area (Å²) in [5.41, 5.74) is 1.93. The molecule has 0 saturated carbocycles. The van der Waals surface area contributed by atoms with Gasteiger partial charge in [0.2, 0.25) is 0 Å². The predicted octanol–water partition coefficient (Wildman–Crippen LogP) is 16.0. The Labute approximate surface area is 347 Å². The van der Waals surface area contributed by atoms with E-state index in [0.29, 0.717) is 24.7 Å². The second-order valence-electron chi connectivity index (χ2n) is 14.5. The van der Waals surface area contributed by atoms with Gasteiger partial charge in [-0.2, -0.15) is 0 Å². The third kappa shape index (κ3) is 10.2. The lowest BCUT2D eigenvalue weighted by Gasteiger charge is -2.21. The van der Waals surface area contributed by atoms with E-state index >= 15 is 0 Å². The summed E-state index contributed by atoms with van der Waals surface area (Å²) in [7, 11) is 0. The standard InChI is InChI=1S/C48H52Br2O6/c1-3-5-7-9-11-13-19-29-53-47(51)55-45-37-23-17-15-21-35(37)43(41-31-33(49)25-27-39(41)45)44-36-22-16-18-24-38(36)46(40-28-26-34(50)32-42(40)44)56-48(52)54-30-20-14-12-10-8-6-4-2/h15-18,21-28,31-32H,3-14,19-20,29-30H2,1-2H3. The molecule has 6 rings (SSSR count). The molecule has 0 aliphatic heterocycles. The minimum absolute atomic E-state index is 0.319. The van der Waals surface area contributed by atoms with E-state index in [1.54, 1.807) is 0 Å². The van der Waals surface area contributed by atoms with E-state index in [2.05, 4.69) is 70.0 Å². The number of carbonyl (C=O) groups excluding carboxylic acids is 2. The number of carbonyl (C=O) groups is 2. The van der Waals surface area contributed by atoms with Crippen LogP contribution in [0, 0.1) is 0 Å². The first kappa shape index (κ1) is 41.5. The van der Waals surface area contributed by atoms with Crippen molar-refractivity contribution >= 4 is 87.3 Å². The Morgan fingerprint density at radius 3 is 1.16 bits per heavy atom. The summed E-state index contributed by atoms with van der Waals surface area (Å²) in [6.45, 7) is 5.07. The number of benzene rings is 6. The van der Waals surface area contributed by atoms with Crippen LogP contribution in [0.5, 0.6) is 11.5 Å². The minimum atomic E-state index is -0.710. The van der Waals surface area contributed by atoms with Gasteiger partial charge in [-0.05, 0) is 81.9 Å². The third-order valence-corrected chi connectivity index (χ3v) is 11.4. The highest BCUT2D eigenvalue weighted by molar-refractivity contribution is 9.10. The highest BCUT2D eigenvalue weighted by atomic mass is 79.9. The van der Waals surface area contributed by atoms with Crippen LogP contribution in [0.15, 0.2) is 93.9 Å². The first-order chi connectivity index (χ1) is 27.4. The molecule has 0 unspecified atom stereocenters. The van der Waals surface area contributed by atoms with Gasteiger partial charge in [-0.25, -0.2) is 9.59 Å². The summed E-state index contributed by atoms with van der Waals surface area (Å²) in [5, 5.41) is 6.71. The zero-order valence-electron chi connectivity index (χ0n) is 32.6. The van der Waals surface area contributed by atoms with Crippen molar-refractivity contribution in [2.75, 3.05) is 13.2 Å². The molecule has 0 radical (unpaired) electrons. The average molecular weight is 885 g/mol. The Balaban J connectivity index is 1.38. The molecule has 294 valence electrons. The maximum atomic E-state index is 13.2. The average Bonchev–Trinajstić information content (AvgIpc) is 3.20. The summed E-state index contributed by atoms with van der Waals surface area (Å²) >= 11 is 7.46. The van der Waals surface area contributed by atoms with Crippen LogP contribution in [0.4, 0.5) is 9.59 Å². The van der Waals surface area contributed by atoms with Crippen molar-refractivity contribution in [2.45, 2.75) is 104 Å². The highest BCUT2D eigenvalue weighted by Crippen LogP contribution is 2.50. The molecule has 0 aromatic heterocycles. The van der Waals surface area contributed by atoms with Crippen molar-refractivity contribution in [1.29, 1.82) is 0 Å². The summed E-state index contributed by atoms with van der Waals surface area (Å²) in [5.74, 6) is 0.907. The molecule has 6 aromatic rings. The Kier molecular flexibility index (Phi) is 15.5. The van der Waals surface area contributed by atoms with E-state index in [1.165, 1.54) is 51.4 Å². The number of halogens is 2. The summed E-state index contributed by atoms with van der Waals surface area (Å²) in [6, 6.07) is 28.0. The first-order valence-corrected chi connectivity index (χ1v) is 22.0. The van der Waals surface area contributed by atoms with Crippen molar-refractivity contribution in [2.24, 2.45) is 0 Å². The lowest BCUT2D eigenvalue weighted by molar-refractivity contribution is 0.0972. The van der Waals surface area contributed by atoms with E-state index in [9.17, 15) is 9.59 Å². The normalized spacial score (nSPS) is 11.4. The van der Waals surface area contributed by atoms with Gasteiger partial charge < -0.3 is 18.9 Å². The second kappa shape index (κ2) is 20.9. The van der Waals surface area contributed by atoms with Crippen LogP contribution in [0.3, 0.4) is 0 Å². The summed E-state index contributed by atoms with van der Waals surface area (Å²) < 4.78 is 25.2.